The Morgan fingerprint density at radius 2 is 1.86 bits per heavy atom. The Labute approximate surface area is 125 Å². The fraction of sp³-hybridized carbons (Fsp3) is 0.600. The highest BCUT2D eigenvalue weighted by atomic mass is 16.8. The van der Waals surface area contributed by atoms with E-state index >= 15 is 0 Å². The largest absolute Gasteiger partial charge is 0.625 e. The van der Waals surface area contributed by atoms with Gasteiger partial charge < -0.3 is 23.1 Å². The van der Waals surface area contributed by atoms with Crippen molar-refractivity contribution in [1.29, 1.82) is 0 Å². The van der Waals surface area contributed by atoms with Crippen molar-refractivity contribution in [2.45, 2.75) is 20.0 Å². The van der Waals surface area contributed by atoms with E-state index in [-0.39, 0.29) is 6.10 Å². The predicted octanol–water partition coefficient (Wildman–Crippen LogP) is 1.39. The molecule has 114 valence electrons. The van der Waals surface area contributed by atoms with Gasteiger partial charge in [0.15, 0.2) is 0 Å². The second kappa shape index (κ2) is 4.71. The molecular weight excluding hydrogens is 269 g/mol. The molecule has 0 saturated carbocycles. The van der Waals surface area contributed by atoms with E-state index in [4.69, 9.17) is 18.7 Å². The first-order valence-corrected chi connectivity index (χ1v) is 7.78. The van der Waals surface area contributed by atoms with Gasteiger partial charge >= 0.3 is 6.89 Å². The zero-order valence-electron chi connectivity index (χ0n) is 12.7. The van der Waals surface area contributed by atoms with Crippen LogP contribution in [0.15, 0.2) is 18.2 Å². The fourth-order valence-electron chi connectivity index (χ4n) is 4.07. The summed E-state index contributed by atoms with van der Waals surface area (Å²) >= 11 is 0. The van der Waals surface area contributed by atoms with Crippen molar-refractivity contribution in [1.82, 2.24) is 0 Å². The second-order valence-corrected chi connectivity index (χ2v) is 6.48. The van der Waals surface area contributed by atoms with E-state index in [1.807, 2.05) is 0 Å². The number of benzene rings is 1. The Kier molecular flexibility index (Phi) is 3.05. The van der Waals surface area contributed by atoms with Gasteiger partial charge in [-0.1, -0.05) is 18.2 Å². The van der Waals surface area contributed by atoms with Crippen molar-refractivity contribution in [2.24, 2.45) is 0 Å². The number of aryl methyl sites for hydroxylation is 2. The molecule has 0 aliphatic carbocycles. The molecule has 21 heavy (non-hydrogen) atoms. The van der Waals surface area contributed by atoms with Gasteiger partial charge in [-0.15, -0.1) is 0 Å². The first-order chi connectivity index (χ1) is 10.1. The van der Waals surface area contributed by atoms with Crippen molar-refractivity contribution in [3.05, 3.63) is 29.3 Å². The highest BCUT2D eigenvalue weighted by molar-refractivity contribution is 6.54. The van der Waals surface area contributed by atoms with Gasteiger partial charge in [-0.2, -0.15) is 0 Å². The van der Waals surface area contributed by atoms with Crippen LogP contribution in [-0.4, -0.2) is 56.8 Å². The first-order valence-electron chi connectivity index (χ1n) is 7.78. The Hall–Kier alpha value is -1.08. The van der Waals surface area contributed by atoms with Crippen molar-refractivity contribution >= 4 is 6.89 Å². The van der Waals surface area contributed by atoms with E-state index in [1.165, 1.54) is 0 Å². The second-order valence-electron chi connectivity index (χ2n) is 6.48. The summed E-state index contributed by atoms with van der Waals surface area (Å²) in [5.74, 6) is 0.972. The monoisotopic (exact) mass is 291 g/mol. The van der Waals surface area contributed by atoms with Crippen LogP contribution in [0.25, 0.3) is 0 Å². The Morgan fingerprint density at radius 1 is 1.19 bits per heavy atom. The molecule has 5 nitrogen and oxygen atoms in total. The zero-order valence-corrected chi connectivity index (χ0v) is 12.7. The van der Waals surface area contributed by atoms with E-state index in [0.717, 1.165) is 54.1 Å². The predicted molar refractivity (Wildman–Crippen MR) is 78.8 cm³/mol. The molecule has 0 spiro atoms. The molecule has 1 aromatic carbocycles. The van der Waals surface area contributed by atoms with Crippen LogP contribution < -0.4 is 4.74 Å². The summed E-state index contributed by atoms with van der Waals surface area (Å²) in [4.78, 5) is 0. The third-order valence-electron chi connectivity index (χ3n) is 5.15. The smallest absolute Gasteiger partial charge is 0.490 e. The summed E-state index contributed by atoms with van der Waals surface area (Å²) < 4.78 is 24.7. The molecule has 0 unspecified atom stereocenters. The maximum atomic E-state index is 6.15. The SMILES string of the molecule is Cc1cccc(C)c1OC[C@H]1C[N+]23CCO[B-]2(OCC3)O1. The van der Waals surface area contributed by atoms with Crippen LogP contribution in [0.2, 0.25) is 0 Å². The number of rotatable bonds is 3. The van der Waals surface area contributed by atoms with Gasteiger partial charge in [0.2, 0.25) is 0 Å². The molecule has 0 N–H and O–H groups in total. The normalized spacial score (nSPS) is 37.5. The third-order valence-corrected chi connectivity index (χ3v) is 5.15. The molecule has 3 heterocycles. The van der Waals surface area contributed by atoms with E-state index in [1.54, 1.807) is 0 Å². The molecule has 3 aliphatic heterocycles. The van der Waals surface area contributed by atoms with Crippen molar-refractivity contribution < 1.29 is 23.1 Å². The lowest BCUT2D eigenvalue weighted by atomic mass is 9.94. The minimum absolute atomic E-state index is 0.0459. The molecule has 3 aliphatic rings. The van der Waals surface area contributed by atoms with Crippen LogP contribution in [-0.2, 0) is 14.0 Å². The van der Waals surface area contributed by atoms with Crippen LogP contribution in [0.3, 0.4) is 0 Å². The number of ether oxygens (including phenoxy) is 1. The molecule has 1 aromatic rings. The van der Waals surface area contributed by atoms with Crippen LogP contribution in [0.5, 0.6) is 5.75 Å². The minimum atomic E-state index is -1.57. The summed E-state index contributed by atoms with van der Waals surface area (Å²) in [5.41, 5.74) is 2.33. The molecule has 4 rings (SSSR count). The van der Waals surface area contributed by atoms with E-state index in [0.29, 0.717) is 6.61 Å². The molecule has 0 amide bonds. The highest BCUT2D eigenvalue weighted by Crippen LogP contribution is 2.41. The maximum absolute atomic E-state index is 6.15. The topological polar surface area (TPSA) is 36.9 Å². The third kappa shape index (κ3) is 1.94. The molecule has 0 radical (unpaired) electrons. The standard InChI is InChI=1S/C15H22BNO4/c1-12-4-3-5-13(2)15(12)18-11-14-10-17-6-8-19-16(17,21-14)20-9-7-17/h3-5,14H,6-11H2,1-2H3/t14-,16?,17?/m1/s1. The zero-order chi connectivity index (χ0) is 14.5. The number of quaternary nitrogens is 1. The molecule has 6 heteroatoms. The van der Waals surface area contributed by atoms with Gasteiger partial charge in [0.1, 0.15) is 18.5 Å². The van der Waals surface area contributed by atoms with Crippen LogP contribution >= 0.6 is 0 Å². The Morgan fingerprint density at radius 3 is 2.48 bits per heavy atom. The summed E-state index contributed by atoms with van der Waals surface area (Å²) in [5, 5.41) is 0. The van der Waals surface area contributed by atoms with Gasteiger partial charge in [-0.05, 0) is 25.0 Å². The molecular formula is C15H22BNO4. The Bertz CT molecular complexity index is 514. The number of para-hydroxylation sites is 1. The quantitative estimate of drug-likeness (QED) is 0.789. The van der Waals surface area contributed by atoms with Crippen molar-refractivity contribution in [3.8, 4) is 5.75 Å². The summed E-state index contributed by atoms with van der Waals surface area (Å²) in [7, 11) is 0. The van der Waals surface area contributed by atoms with E-state index < -0.39 is 6.89 Å². The van der Waals surface area contributed by atoms with Crippen LogP contribution in [0, 0.1) is 13.8 Å². The number of hydrogen-bond donors (Lipinski definition) is 0. The minimum Gasteiger partial charge on any atom is -0.490 e. The average Bonchev–Trinajstić information content (AvgIpc) is 2.99. The molecule has 1 atom stereocenters. The van der Waals surface area contributed by atoms with Crippen molar-refractivity contribution in [2.75, 3.05) is 39.5 Å². The van der Waals surface area contributed by atoms with Gasteiger partial charge in [-0.3, -0.25) is 0 Å². The summed E-state index contributed by atoms with van der Waals surface area (Å²) in [6.07, 6.45) is 0.0459. The van der Waals surface area contributed by atoms with Gasteiger partial charge in [0.05, 0.1) is 32.8 Å². The van der Waals surface area contributed by atoms with Gasteiger partial charge in [-0.25, -0.2) is 0 Å². The number of nitrogens with zero attached hydrogens (tertiary/aromatic N) is 1. The van der Waals surface area contributed by atoms with Crippen LogP contribution in [0.4, 0.5) is 0 Å². The van der Waals surface area contributed by atoms with E-state index in [9.17, 15) is 0 Å². The molecule has 0 aromatic heterocycles. The lowest BCUT2D eigenvalue weighted by molar-refractivity contribution is -0.816. The van der Waals surface area contributed by atoms with Crippen LogP contribution in [0.1, 0.15) is 11.1 Å². The average molecular weight is 291 g/mol. The van der Waals surface area contributed by atoms with E-state index in [2.05, 4.69) is 32.0 Å². The molecule has 3 fully saturated rings. The highest BCUT2D eigenvalue weighted by Gasteiger charge is 2.66. The summed E-state index contributed by atoms with van der Waals surface area (Å²) in [6.45, 7) is 7.56. The summed E-state index contributed by atoms with van der Waals surface area (Å²) in [6, 6.07) is 6.20. The first kappa shape index (κ1) is 13.6. The molecule has 3 saturated heterocycles. The van der Waals surface area contributed by atoms with Gasteiger partial charge in [0.25, 0.3) is 0 Å². The van der Waals surface area contributed by atoms with Crippen molar-refractivity contribution in [3.63, 3.8) is 0 Å². The lowest BCUT2D eigenvalue weighted by Gasteiger charge is -2.37. The lowest BCUT2D eigenvalue weighted by Crippen LogP contribution is -2.59. The number of hydrogen-bond acceptors (Lipinski definition) is 4. The fourth-order valence-corrected chi connectivity index (χ4v) is 4.07. The molecule has 0 bridgehead atoms. The maximum Gasteiger partial charge on any atom is 0.625 e. The van der Waals surface area contributed by atoms with Gasteiger partial charge in [0, 0.05) is 0 Å². The Balaban J connectivity index is 1.46.